The molecular formula is C19H29FN2O2. The molecule has 1 aliphatic rings. The zero-order valence-electron chi connectivity index (χ0n) is 14.8. The molecule has 1 aromatic carbocycles. The molecule has 5 heteroatoms. The molecule has 0 spiro atoms. The number of halogens is 1. The maximum absolute atomic E-state index is 14.7. The van der Waals surface area contributed by atoms with Gasteiger partial charge in [-0.1, -0.05) is 12.5 Å². The Balaban J connectivity index is 2.25. The summed E-state index contributed by atoms with van der Waals surface area (Å²) in [7, 11) is 3.11. The average molecular weight is 336 g/mol. The van der Waals surface area contributed by atoms with Crippen molar-refractivity contribution in [2.75, 3.05) is 40.4 Å². The Hall–Kier alpha value is -1.59. The smallest absolute Gasteiger partial charge is 0.163 e. The molecule has 4 nitrogen and oxygen atoms in total. The second kappa shape index (κ2) is 9.64. The summed E-state index contributed by atoms with van der Waals surface area (Å²) in [5.74, 6) is 0.796. The summed E-state index contributed by atoms with van der Waals surface area (Å²) in [4.78, 5) is 2.37. The lowest BCUT2D eigenvalue weighted by molar-refractivity contribution is 0.159. The van der Waals surface area contributed by atoms with Crippen LogP contribution >= 0.6 is 0 Å². The van der Waals surface area contributed by atoms with Crippen molar-refractivity contribution in [3.05, 3.63) is 36.2 Å². The molecule has 1 heterocycles. The maximum Gasteiger partial charge on any atom is 0.163 e. The van der Waals surface area contributed by atoms with E-state index in [1.807, 2.05) is 6.08 Å². The number of benzene rings is 1. The summed E-state index contributed by atoms with van der Waals surface area (Å²) in [6.07, 6.45) is 6.01. The van der Waals surface area contributed by atoms with Gasteiger partial charge in [0.05, 0.1) is 14.2 Å². The highest BCUT2D eigenvalue weighted by molar-refractivity contribution is 5.44. The minimum Gasteiger partial charge on any atom is -0.493 e. The Labute approximate surface area is 144 Å². The van der Waals surface area contributed by atoms with Crippen LogP contribution in [0.2, 0.25) is 0 Å². The fourth-order valence-corrected chi connectivity index (χ4v) is 3.28. The largest absolute Gasteiger partial charge is 0.493 e. The number of methoxy groups -OCH3 is 2. The zero-order chi connectivity index (χ0) is 17.4. The lowest BCUT2D eigenvalue weighted by Crippen LogP contribution is -2.45. The number of nitrogens with one attached hydrogen (secondary N) is 1. The SMILES string of the molecule is C=CCCCC[C@H](c1cc(OC)c(OC)cc1F)N1CCNCC1. The van der Waals surface area contributed by atoms with Crippen molar-refractivity contribution in [3.63, 3.8) is 0 Å². The minimum absolute atomic E-state index is 0.0664. The lowest BCUT2D eigenvalue weighted by atomic mass is 9.97. The van der Waals surface area contributed by atoms with E-state index in [9.17, 15) is 4.39 Å². The molecule has 1 aromatic rings. The monoisotopic (exact) mass is 336 g/mol. The highest BCUT2D eigenvalue weighted by Crippen LogP contribution is 2.36. The average Bonchev–Trinajstić information content (AvgIpc) is 2.63. The third-order valence-corrected chi connectivity index (χ3v) is 4.59. The fraction of sp³-hybridized carbons (Fsp3) is 0.579. The standard InChI is InChI=1S/C19H29FN2O2/c1-4-5-6-7-8-17(22-11-9-21-10-12-22)15-13-18(23-2)19(24-3)14-16(15)20/h4,13-14,17,21H,1,5-12H2,2-3H3/t17-/m1/s1. The number of unbranched alkanes of at least 4 members (excludes halogenated alkanes) is 2. The Morgan fingerprint density at radius 1 is 1.21 bits per heavy atom. The predicted octanol–water partition coefficient (Wildman–Crippen LogP) is 3.54. The number of hydrogen-bond donors (Lipinski definition) is 1. The lowest BCUT2D eigenvalue weighted by Gasteiger charge is -2.35. The molecule has 0 bridgehead atoms. The summed E-state index contributed by atoms with van der Waals surface area (Å²) in [6, 6.07) is 3.30. The Bertz CT molecular complexity index is 530. The minimum atomic E-state index is -0.222. The molecule has 24 heavy (non-hydrogen) atoms. The first kappa shape index (κ1) is 18.7. The number of allylic oxidation sites excluding steroid dienone is 1. The van der Waals surface area contributed by atoms with Gasteiger partial charge in [0.2, 0.25) is 0 Å². The van der Waals surface area contributed by atoms with Crippen LogP contribution in [0, 0.1) is 5.82 Å². The van der Waals surface area contributed by atoms with Crippen LogP contribution in [0.15, 0.2) is 24.8 Å². The van der Waals surface area contributed by atoms with Crippen molar-refractivity contribution in [3.8, 4) is 11.5 Å². The molecule has 1 fully saturated rings. The van der Waals surface area contributed by atoms with Crippen molar-refractivity contribution < 1.29 is 13.9 Å². The highest BCUT2D eigenvalue weighted by Gasteiger charge is 2.26. The van der Waals surface area contributed by atoms with Crippen molar-refractivity contribution in [2.45, 2.75) is 31.7 Å². The van der Waals surface area contributed by atoms with Gasteiger partial charge in [-0.05, 0) is 25.3 Å². The molecule has 0 aliphatic carbocycles. The molecule has 1 N–H and O–H groups in total. The molecule has 0 radical (unpaired) electrons. The Morgan fingerprint density at radius 2 is 1.88 bits per heavy atom. The van der Waals surface area contributed by atoms with Gasteiger partial charge in [0.25, 0.3) is 0 Å². The normalized spacial score (nSPS) is 16.6. The molecule has 1 atom stereocenters. The third-order valence-electron chi connectivity index (χ3n) is 4.59. The quantitative estimate of drug-likeness (QED) is 0.552. The van der Waals surface area contributed by atoms with Gasteiger partial charge in [0.15, 0.2) is 11.5 Å². The van der Waals surface area contributed by atoms with E-state index < -0.39 is 0 Å². The molecule has 0 aromatic heterocycles. The van der Waals surface area contributed by atoms with Gasteiger partial charge in [0, 0.05) is 43.9 Å². The van der Waals surface area contributed by atoms with Crippen molar-refractivity contribution in [1.82, 2.24) is 10.2 Å². The van der Waals surface area contributed by atoms with Gasteiger partial charge in [-0.3, -0.25) is 4.90 Å². The van der Waals surface area contributed by atoms with E-state index in [0.29, 0.717) is 17.1 Å². The number of piperazine rings is 1. The molecule has 1 saturated heterocycles. The van der Waals surface area contributed by atoms with Crippen LogP contribution in [-0.4, -0.2) is 45.3 Å². The molecular weight excluding hydrogens is 307 g/mol. The molecule has 0 amide bonds. The van der Waals surface area contributed by atoms with Gasteiger partial charge in [-0.25, -0.2) is 4.39 Å². The van der Waals surface area contributed by atoms with Crippen LogP contribution in [-0.2, 0) is 0 Å². The van der Waals surface area contributed by atoms with Crippen LogP contribution in [0.3, 0.4) is 0 Å². The van der Waals surface area contributed by atoms with Gasteiger partial charge in [-0.15, -0.1) is 6.58 Å². The highest BCUT2D eigenvalue weighted by atomic mass is 19.1. The summed E-state index contributed by atoms with van der Waals surface area (Å²) in [6.45, 7) is 7.52. The van der Waals surface area contributed by atoms with E-state index in [4.69, 9.17) is 9.47 Å². The van der Waals surface area contributed by atoms with Gasteiger partial charge >= 0.3 is 0 Å². The van der Waals surface area contributed by atoms with Crippen molar-refractivity contribution in [1.29, 1.82) is 0 Å². The maximum atomic E-state index is 14.7. The van der Waals surface area contributed by atoms with E-state index in [0.717, 1.165) is 51.9 Å². The number of hydrogen-bond acceptors (Lipinski definition) is 4. The number of rotatable bonds is 9. The van der Waals surface area contributed by atoms with Crippen LogP contribution in [0.25, 0.3) is 0 Å². The Morgan fingerprint density at radius 3 is 2.50 bits per heavy atom. The first-order chi connectivity index (χ1) is 11.7. The molecule has 0 unspecified atom stereocenters. The zero-order valence-corrected chi connectivity index (χ0v) is 14.8. The van der Waals surface area contributed by atoms with E-state index in [-0.39, 0.29) is 11.9 Å². The third kappa shape index (κ3) is 4.71. The number of nitrogens with zero attached hydrogens (tertiary/aromatic N) is 1. The molecule has 0 saturated carbocycles. The Kier molecular flexibility index (Phi) is 7.53. The van der Waals surface area contributed by atoms with Crippen molar-refractivity contribution >= 4 is 0 Å². The summed E-state index contributed by atoms with van der Waals surface area (Å²) in [5, 5.41) is 3.36. The van der Waals surface area contributed by atoms with Crippen LogP contribution in [0.5, 0.6) is 11.5 Å². The molecule has 134 valence electrons. The first-order valence-corrected chi connectivity index (χ1v) is 8.68. The van der Waals surface area contributed by atoms with E-state index in [1.165, 1.54) is 13.2 Å². The predicted molar refractivity (Wildman–Crippen MR) is 95.4 cm³/mol. The summed E-state index contributed by atoms with van der Waals surface area (Å²) >= 11 is 0. The van der Waals surface area contributed by atoms with Crippen LogP contribution in [0.4, 0.5) is 4.39 Å². The van der Waals surface area contributed by atoms with Gasteiger partial charge in [0.1, 0.15) is 5.82 Å². The van der Waals surface area contributed by atoms with Crippen LogP contribution in [0.1, 0.15) is 37.3 Å². The fourth-order valence-electron chi connectivity index (χ4n) is 3.28. The topological polar surface area (TPSA) is 33.7 Å². The van der Waals surface area contributed by atoms with Crippen LogP contribution < -0.4 is 14.8 Å². The second-order valence-corrected chi connectivity index (χ2v) is 6.10. The van der Waals surface area contributed by atoms with Crippen molar-refractivity contribution in [2.24, 2.45) is 0 Å². The van der Waals surface area contributed by atoms with Gasteiger partial charge in [-0.2, -0.15) is 0 Å². The second-order valence-electron chi connectivity index (χ2n) is 6.10. The summed E-state index contributed by atoms with van der Waals surface area (Å²) in [5.41, 5.74) is 0.702. The van der Waals surface area contributed by atoms with E-state index in [1.54, 1.807) is 13.2 Å². The van der Waals surface area contributed by atoms with E-state index >= 15 is 0 Å². The van der Waals surface area contributed by atoms with E-state index in [2.05, 4.69) is 16.8 Å². The number of ether oxygens (including phenoxy) is 2. The summed E-state index contributed by atoms with van der Waals surface area (Å²) < 4.78 is 25.3. The van der Waals surface area contributed by atoms with Gasteiger partial charge < -0.3 is 14.8 Å². The first-order valence-electron chi connectivity index (χ1n) is 8.68. The molecule has 1 aliphatic heterocycles. The molecule has 2 rings (SSSR count).